The molecule has 0 radical (unpaired) electrons. The monoisotopic (exact) mass is 1730 g/mol. The summed E-state index contributed by atoms with van der Waals surface area (Å²) in [5, 5.41) is 133. The number of carbonyl (C=O) groups is 8. The number of hydrogen-bond acceptors (Lipinski definition) is 29. The number of rotatable bonds is 18. The van der Waals surface area contributed by atoms with E-state index in [9.17, 15) is 55.5 Å². The van der Waals surface area contributed by atoms with Crippen molar-refractivity contribution in [3.63, 3.8) is 0 Å². The lowest BCUT2D eigenvalue weighted by molar-refractivity contribution is -0.333. The number of carbonyl (C=O) groups excluding carboxylic acids is 8. The molecule has 8 aliphatic heterocycles. The molecule has 0 aromatic heterocycles. The molecule has 37 nitrogen and oxygen atoms in total. The van der Waals surface area contributed by atoms with Gasteiger partial charge in [0.1, 0.15) is 95.5 Å². The number of nitrogens with two attached hydrogens (primary N) is 3. The van der Waals surface area contributed by atoms with E-state index in [0.717, 1.165) is 50.3 Å². The lowest BCUT2D eigenvalue weighted by Gasteiger charge is -2.54. The van der Waals surface area contributed by atoms with E-state index < -0.39 is 250 Å². The van der Waals surface area contributed by atoms with Gasteiger partial charge < -0.3 is 149 Å². The summed E-state index contributed by atoms with van der Waals surface area (Å²) in [6.45, 7) is 8.60. The predicted molar refractivity (Wildman–Crippen MR) is 435 cm³/mol. The highest BCUT2D eigenvalue weighted by atomic mass is 35.5. The first-order valence-electron chi connectivity index (χ1n) is 41.4. The second-order valence-corrected chi connectivity index (χ2v) is 35.4. The van der Waals surface area contributed by atoms with Crippen LogP contribution in [0.3, 0.4) is 0 Å². The fourth-order valence-electron chi connectivity index (χ4n) is 19.2. The number of aliphatic hydroxyl groups excluding tert-OH is 6. The Labute approximate surface area is 712 Å². The molecule has 22 unspecified atom stereocenters. The number of fused-ring (bicyclic) bond motifs is 14. The van der Waals surface area contributed by atoms with Crippen molar-refractivity contribution in [3.05, 3.63) is 117 Å². The van der Waals surface area contributed by atoms with Gasteiger partial charge in [0.15, 0.2) is 30.2 Å². The molecule has 22 atom stereocenters. The Bertz CT molecular complexity index is 4820. The molecule has 38 heteroatoms. The number of phenols is 3. The molecular weight excluding hydrogens is 1620 g/mol. The number of phenolic OH excluding ortho intramolecular Hbond substituents is 3. The van der Waals surface area contributed by atoms with Crippen molar-refractivity contribution in [2.75, 3.05) is 20.7 Å². The largest absolute Gasteiger partial charge is 0.507 e. The van der Waals surface area contributed by atoms with Gasteiger partial charge in [0, 0.05) is 54.7 Å². The van der Waals surface area contributed by atoms with Crippen molar-refractivity contribution in [2.45, 2.75) is 245 Å². The van der Waals surface area contributed by atoms with Gasteiger partial charge in [-0.05, 0) is 179 Å². The van der Waals surface area contributed by atoms with E-state index in [1.165, 1.54) is 102 Å². The van der Waals surface area contributed by atoms with Gasteiger partial charge in [0.2, 0.25) is 59.3 Å². The SMILES string of the molecule is CNC(=O)C1NC(=O)C2NC(=O)C(NC(=O)C3NC(=O)C(CC(N)=O)NC(=O)C(NC(=O)C(CC(C)C)NC)C(O)c4ccc(c(Cl)c4)Oc4cc3cc(c4OC3OC(CO)C(O)C(O)C3OC3CC(C)(N)C(O)C(C)O3)Oc3ccc(cc3)C2OC2CC(C)(N)C(O)C(C)O2)c2cccc(O)c2-c2c1cc(O)c(CNC1C3CC4CC(C3)CC1C4)c2O. The number of benzene rings is 5. The average Bonchev–Trinajstić information content (AvgIpc) is 1.53. The van der Waals surface area contributed by atoms with Crippen LogP contribution in [-0.2, 0) is 68.6 Å². The van der Waals surface area contributed by atoms with Gasteiger partial charge in [-0.25, -0.2) is 0 Å². The molecule has 5 aromatic carbocycles. The zero-order valence-electron chi connectivity index (χ0n) is 69.0. The summed E-state index contributed by atoms with van der Waals surface area (Å²) in [5.41, 5.74) is 14.0. The third-order valence-corrected chi connectivity index (χ3v) is 25.7. The maximum absolute atomic E-state index is 16.9. The van der Waals surface area contributed by atoms with Crippen LogP contribution >= 0.6 is 11.6 Å². The van der Waals surface area contributed by atoms with E-state index in [2.05, 4.69) is 47.9 Å². The quantitative estimate of drug-likeness (QED) is 0.0587. The Kier molecular flexibility index (Phi) is 26.3. The third kappa shape index (κ3) is 18.4. The standard InChI is InChI=1S/C85H109ClN12O25/c1-33(2)18-48(90-7)76(109)97-65-67(103)39-14-17-52(47(86)24-39)119-54-26-42-25-53(72(54)123-83-73(70(106)69(105)55(32-99)120-83)122-58-30-85(6,89)75(108)35(4)117-58)118-43-15-12-38(13-16-43)71(121-57-29-84(5,88)74(107)34(3)116-57)66-82(115)96-64(78(111)91-8)45-27-51(101)46(31-92-61-40-20-36-19-37(22-40)23-41(61)21-36)68(104)60(45)59-44(10-9-11-50(59)100)63(80(113)98-66)95-79(112)62(42)94-77(110)49(28-56(87)102)93-81(65)114/h9-17,24-27,33-37,40-41,48-49,55,57-58,61-67,69-71,73-75,83,90,92,99-101,103-108H,18-23,28-32,88-89H2,1-8H3,(H2,87,102)(H,91,111)(H,93,114)(H,94,110)(H,95,112)(H,96,115)(H,97,109)(H,98,113). The fourth-order valence-corrected chi connectivity index (χ4v) is 19.4. The smallest absolute Gasteiger partial charge is 0.248 e. The highest BCUT2D eigenvalue weighted by Gasteiger charge is 2.54. The molecule has 5 aromatic rings. The topological polar surface area (TPSA) is 579 Å². The zero-order valence-corrected chi connectivity index (χ0v) is 69.7. The van der Waals surface area contributed by atoms with E-state index in [4.69, 9.17) is 66.7 Å². The van der Waals surface area contributed by atoms with E-state index in [0.29, 0.717) is 11.8 Å². The number of likely N-dealkylation sites (N-methyl/N-ethyl adjacent to an activating group) is 2. The first kappa shape index (κ1) is 89.6. The van der Waals surface area contributed by atoms with Crippen LogP contribution in [-0.4, -0.2) is 223 Å². The minimum atomic E-state index is -2.38. The summed E-state index contributed by atoms with van der Waals surface area (Å²) in [7, 11) is 2.73. The van der Waals surface area contributed by atoms with Crippen LogP contribution in [0.15, 0.2) is 78.9 Å². The highest BCUT2D eigenvalue weighted by molar-refractivity contribution is 6.32. The predicted octanol–water partition coefficient (Wildman–Crippen LogP) is 1.27. The summed E-state index contributed by atoms with van der Waals surface area (Å²) >= 11 is 7.23. The maximum atomic E-state index is 16.9. The fraction of sp³-hybridized carbons (Fsp3) is 0.553. The summed E-state index contributed by atoms with van der Waals surface area (Å²) < 4.78 is 52.5. The van der Waals surface area contributed by atoms with Crippen LogP contribution in [0, 0.1) is 29.6 Å². The molecule has 7 fully saturated rings. The van der Waals surface area contributed by atoms with Gasteiger partial charge in [-0.2, -0.15) is 0 Å². The van der Waals surface area contributed by atoms with E-state index in [1.807, 2.05) is 13.8 Å². The van der Waals surface area contributed by atoms with Crippen molar-refractivity contribution in [3.8, 4) is 57.1 Å². The molecule has 4 aliphatic carbocycles. The van der Waals surface area contributed by atoms with E-state index in [-0.39, 0.29) is 88.4 Å². The van der Waals surface area contributed by atoms with Crippen LogP contribution in [0.5, 0.6) is 46.0 Å². The molecule has 123 heavy (non-hydrogen) atoms. The van der Waals surface area contributed by atoms with Gasteiger partial charge in [0.25, 0.3) is 0 Å². The lowest BCUT2D eigenvalue weighted by atomic mass is 9.54. The first-order valence-corrected chi connectivity index (χ1v) is 41.8. The number of aliphatic hydroxyl groups is 6. The van der Waals surface area contributed by atoms with Gasteiger partial charge in [0.05, 0.1) is 54.1 Å². The number of ether oxygens (including phenoxy) is 8. The third-order valence-electron chi connectivity index (χ3n) is 25.4. The van der Waals surface area contributed by atoms with Gasteiger partial charge in [-0.1, -0.05) is 55.8 Å². The van der Waals surface area contributed by atoms with Crippen LogP contribution in [0.1, 0.15) is 163 Å². The van der Waals surface area contributed by atoms with Crippen molar-refractivity contribution < 1.29 is 122 Å². The molecule has 8 heterocycles. The summed E-state index contributed by atoms with van der Waals surface area (Å²) in [4.78, 5) is 124. The number of amides is 8. The summed E-state index contributed by atoms with van der Waals surface area (Å²) in [6, 6.07) is 2.00. The average molecular weight is 1730 g/mol. The molecular formula is C85H109ClN12O25. The van der Waals surface area contributed by atoms with Crippen molar-refractivity contribution >= 4 is 58.9 Å². The Morgan fingerprint density at radius 3 is 1.88 bits per heavy atom. The maximum Gasteiger partial charge on any atom is 0.248 e. The molecule has 17 rings (SSSR count). The molecule has 13 bridgehead atoms. The van der Waals surface area contributed by atoms with Crippen LogP contribution in [0.2, 0.25) is 5.02 Å². The molecule has 12 aliphatic rings. The molecule has 666 valence electrons. The minimum Gasteiger partial charge on any atom is -0.507 e. The highest BCUT2D eigenvalue weighted by Crippen LogP contribution is 2.56. The van der Waals surface area contributed by atoms with Crippen molar-refractivity contribution in [1.29, 1.82) is 0 Å². The number of halogens is 1. The summed E-state index contributed by atoms with van der Waals surface area (Å²) in [5.74, 6) is -12.5. The normalized spacial score (nSPS) is 34.5. The van der Waals surface area contributed by atoms with Gasteiger partial charge in [-0.15, -0.1) is 0 Å². The Morgan fingerprint density at radius 1 is 0.659 bits per heavy atom. The molecule has 3 saturated heterocycles. The number of aromatic hydroxyl groups is 3. The molecule has 4 saturated carbocycles. The lowest BCUT2D eigenvalue weighted by Crippen LogP contribution is -2.64. The number of nitrogens with one attached hydrogen (secondary N) is 9. The van der Waals surface area contributed by atoms with Crippen LogP contribution in [0.4, 0.5) is 0 Å². The van der Waals surface area contributed by atoms with Crippen molar-refractivity contribution in [1.82, 2.24) is 47.9 Å². The van der Waals surface area contributed by atoms with Crippen LogP contribution in [0.25, 0.3) is 11.1 Å². The second-order valence-electron chi connectivity index (χ2n) is 35.0. The van der Waals surface area contributed by atoms with E-state index in [1.54, 1.807) is 0 Å². The van der Waals surface area contributed by atoms with Gasteiger partial charge in [-0.3, -0.25) is 38.4 Å². The van der Waals surface area contributed by atoms with Gasteiger partial charge >= 0.3 is 0 Å². The molecule has 8 amide bonds. The molecule has 24 N–H and O–H groups in total. The number of hydrogen-bond donors (Lipinski definition) is 21. The Morgan fingerprint density at radius 2 is 1.28 bits per heavy atom. The van der Waals surface area contributed by atoms with E-state index >= 15 is 28.8 Å². The second kappa shape index (κ2) is 36.1. The zero-order chi connectivity index (χ0) is 88.4. The summed E-state index contributed by atoms with van der Waals surface area (Å²) in [6.07, 6.45) is -17.2. The first-order chi connectivity index (χ1) is 58.3. The van der Waals surface area contributed by atoms with Crippen LogP contribution < -0.4 is 79.3 Å². The Balaban J connectivity index is 1.01. The van der Waals surface area contributed by atoms with Crippen molar-refractivity contribution in [2.24, 2.45) is 46.8 Å². The number of primary amides is 1. The Hall–Kier alpha value is -9.65. The molecule has 0 spiro atoms. The minimum absolute atomic E-state index is 0.0134.